The monoisotopic (exact) mass is 214 g/mol. The van der Waals surface area contributed by atoms with Gasteiger partial charge in [0.15, 0.2) is 0 Å². The van der Waals surface area contributed by atoms with Crippen molar-refractivity contribution in [3.63, 3.8) is 0 Å². The molecule has 0 saturated heterocycles. The topological polar surface area (TPSA) is 0 Å². The van der Waals surface area contributed by atoms with Crippen LogP contribution in [0.25, 0.3) is 0 Å². The summed E-state index contributed by atoms with van der Waals surface area (Å²) in [6.07, 6.45) is 4.41. The Bertz CT molecular complexity index is 48.1. The Morgan fingerprint density at radius 3 is 2.71 bits per heavy atom. The molecule has 0 radical (unpaired) electrons. The van der Waals surface area contributed by atoms with Gasteiger partial charge in [-0.1, -0.05) is 0 Å². The quantitative estimate of drug-likeness (QED) is 0.381. The Morgan fingerprint density at radius 2 is 2.29 bits per heavy atom. The van der Waals surface area contributed by atoms with Crippen molar-refractivity contribution in [1.29, 1.82) is 0 Å². The molecule has 0 aliphatic heterocycles. The van der Waals surface area contributed by atoms with Crippen molar-refractivity contribution in [2.24, 2.45) is 0 Å². The molecule has 0 saturated carbocycles. The second-order valence-electron chi connectivity index (χ2n) is 1.23. The maximum absolute atomic E-state index is 2.27. The SMILES string of the molecule is CC=CC[Te]CC. The van der Waals surface area contributed by atoms with Crippen LogP contribution in [-0.2, 0) is 0 Å². The molecule has 42 valence electrons. The zero-order valence-electron chi connectivity index (χ0n) is 4.98. The number of rotatable bonds is 3. The van der Waals surface area contributed by atoms with Crippen molar-refractivity contribution in [3.8, 4) is 0 Å². The Hall–Kier alpha value is 0.530. The van der Waals surface area contributed by atoms with Gasteiger partial charge in [-0.15, -0.1) is 0 Å². The van der Waals surface area contributed by atoms with E-state index in [1.807, 2.05) is 0 Å². The van der Waals surface area contributed by atoms with E-state index in [9.17, 15) is 0 Å². The Morgan fingerprint density at radius 1 is 1.57 bits per heavy atom. The van der Waals surface area contributed by atoms with Gasteiger partial charge in [-0.3, -0.25) is 0 Å². The predicted octanol–water partition coefficient (Wildman–Crippen LogP) is 2.12. The first-order chi connectivity index (χ1) is 3.41. The van der Waals surface area contributed by atoms with Gasteiger partial charge in [-0.05, 0) is 0 Å². The summed E-state index contributed by atoms with van der Waals surface area (Å²) in [5, 5.41) is 0. The van der Waals surface area contributed by atoms with E-state index in [1.54, 1.807) is 0 Å². The first-order valence-corrected chi connectivity index (χ1v) is 5.90. The molecular weight excluding hydrogens is 200 g/mol. The molecule has 0 heterocycles. The molecule has 0 amide bonds. The number of hydrogen-bond donors (Lipinski definition) is 0. The Kier molecular flexibility index (Phi) is 7.02. The summed E-state index contributed by atoms with van der Waals surface area (Å²) >= 11 is 0.389. The molecule has 0 unspecified atom stereocenters. The Labute approximate surface area is 56.1 Å². The van der Waals surface area contributed by atoms with Crippen LogP contribution >= 0.6 is 0 Å². The minimum absolute atomic E-state index is 0.389. The molecule has 0 aliphatic rings. The van der Waals surface area contributed by atoms with E-state index in [4.69, 9.17) is 0 Å². The van der Waals surface area contributed by atoms with Crippen LogP contribution in [0.4, 0.5) is 0 Å². The van der Waals surface area contributed by atoms with Crippen LogP contribution < -0.4 is 0 Å². The standard InChI is InChI=1S/C6H12Te/c1-3-5-6-7-4-2/h3,5H,4,6H2,1-2H3. The zero-order valence-corrected chi connectivity index (χ0v) is 7.31. The molecule has 0 bridgehead atoms. The van der Waals surface area contributed by atoms with Gasteiger partial charge in [-0.2, -0.15) is 0 Å². The van der Waals surface area contributed by atoms with Gasteiger partial charge >= 0.3 is 55.9 Å². The second kappa shape index (κ2) is 6.53. The molecule has 0 atom stereocenters. The summed E-state index contributed by atoms with van der Waals surface area (Å²) in [4.78, 5) is 0. The summed E-state index contributed by atoms with van der Waals surface area (Å²) in [5.41, 5.74) is 0. The van der Waals surface area contributed by atoms with E-state index in [0.717, 1.165) is 0 Å². The number of hydrogen-bond acceptors (Lipinski definition) is 0. The fourth-order valence-corrected chi connectivity index (χ4v) is 1.89. The van der Waals surface area contributed by atoms with E-state index in [2.05, 4.69) is 26.0 Å². The van der Waals surface area contributed by atoms with Crippen molar-refractivity contribution in [1.82, 2.24) is 0 Å². The fourth-order valence-electron chi connectivity index (χ4n) is 0.282. The summed E-state index contributed by atoms with van der Waals surface area (Å²) in [5.74, 6) is 0. The molecule has 0 aromatic carbocycles. The van der Waals surface area contributed by atoms with Crippen LogP contribution in [0.1, 0.15) is 13.8 Å². The summed E-state index contributed by atoms with van der Waals surface area (Å²) in [6.45, 7) is 4.36. The van der Waals surface area contributed by atoms with Gasteiger partial charge in [-0.25, -0.2) is 0 Å². The van der Waals surface area contributed by atoms with Gasteiger partial charge in [0, 0.05) is 0 Å². The zero-order chi connectivity index (χ0) is 5.54. The number of allylic oxidation sites excluding steroid dienone is 2. The maximum atomic E-state index is 2.27. The van der Waals surface area contributed by atoms with Crippen molar-refractivity contribution in [2.45, 2.75) is 22.8 Å². The summed E-state index contributed by atoms with van der Waals surface area (Å²) in [6, 6.07) is 0. The van der Waals surface area contributed by atoms with Crippen molar-refractivity contribution < 1.29 is 0 Å². The molecule has 0 aromatic rings. The molecule has 0 aromatic heterocycles. The van der Waals surface area contributed by atoms with Gasteiger partial charge < -0.3 is 0 Å². The van der Waals surface area contributed by atoms with E-state index in [1.165, 1.54) is 8.94 Å². The second-order valence-corrected chi connectivity index (χ2v) is 4.99. The van der Waals surface area contributed by atoms with Crippen LogP contribution in [0.2, 0.25) is 8.94 Å². The summed E-state index contributed by atoms with van der Waals surface area (Å²) < 4.78 is 2.83. The third-order valence-electron chi connectivity index (χ3n) is 0.654. The molecular formula is C6H12Te. The molecule has 0 fully saturated rings. The summed E-state index contributed by atoms with van der Waals surface area (Å²) in [7, 11) is 0. The third-order valence-corrected chi connectivity index (χ3v) is 3.04. The van der Waals surface area contributed by atoms with Gasteiger partial charge in [0.2, 0.25) is 0 Å². The van der Waals surface area contributed by atoms with Crippen LogP contribution in [0, 0.1) is 0 Å². The van der Waals surface area contributed by atoms with E-state index >= 15 is 0 Å². The normalized spacial score (nSPS) is 10.6. The molecule has 1 heteroatoms. The molecule has 0 aliphatic carbocycles. The molecule has 0 N–H and O–H groups in total. The molecule has 0 spiro atoms. The fraction of sp³-hybridized carbons (Fsp3) is 0.667. The van der Waals surface area contributed by atoms with Crippen LogP contribution in [0.15, 0.2) is 12.2 Å². The Balaban J connectivity index is 2.69. The molecule has 0 nitrogen and oxygen atoms in total. The predicted molar refractivity (Wildman–Crippen MR) is 35.9 cm³/mol. The first-order valence-electron chi connectivity index (χ1n) is 2.60. The van der Waals surface area contributed by atoms with Crippen molar-refractivity contribution >= 4 is 20.9 Å². The average Bonchev–Trinajstić information content (AvgIpc) is 1.69. The molecule has 0 rings (SSSR count). The van der Waals surface area contributed by atoms with E-state index < -0.39 is 0 Å². The minimum atomic E-state index is 0.389. The van der Waals surface area contributed by atoms with Crippen molar-refractivity contribution in [3.05, 3.63) is 12.2 Å². The first kappa shape index (κ1) is 7.53. The average molecular weight is 212 g/mol. The van der Waals surface area contributed by atoms with Gasteiger partial charge in [0.05, 0.1) is 0 Å². The van der Waals surface area contributed by atoms with Crippen LogP contribution in [0.5, 0.6) is 0 Å². The van der Waals surface area contributed by atoms with Gasteiger partial charge in [0.25, 0.3) is 0 Å². The van der Waals surface area contributed by atoms with Crippen LogP contribution in [0.3, 0.4) is 0 Å². The van der Waals surface area contributed by atoms with Crippen LogP contribution in [-0.4, -0.2) is 20.9 Å². The van der Waals surface area contributed by atoms with Crippen molar-refractivity contribution in [2.75, 3.05) is 0 Å². The third kappa shape index (κ3) is 6.53. The van der Waals surface area contributed by atoms with E-state index in [0.29, 0.717) is 20.9 Å². The molecule has 7 heavy (non-hydrogen) atoms. The van der Waals surface area contributed by atoms with E-state index in [-0.39, 0.29) is 0 Å². The van der Waals surface area contributed by atoms with Gasteiger partial charge in [0.1, 0.15) is 0 Å².